The molecule has 1 aliphatic rings. The van der Waals surface area contributed by atoms with Crippen LogP contribution >= 0.6 is 0 Å². The van der Waals surface area contributed by atoms with E-state index in [-0.39, 0.29) is 30.3 Å². The van der Waals surface area contributed by atoms with Crippen molar-refractivity contribution in [1.82, 2.24) is 10.6 Å². The number of fused-ring (bicyclic) bond motifs is 3. The van der Waals surface area contributed by atoms with Crippen molar-refractivity contribution >= 4 is 18.0 Å². The number of ether oxygens (including phenoxy) is 1. The van der Waals surface area contributed by atoms with Gasteiger partial charge in [-0.15, -0.1) is 0 Å². The molecule has 3 N–H and O–H groups in total. The fourth-order valence-corrected chi connectivity index (χ4v) is 4.53. The van der Waals surface area contributed by atoms with Gasteiger partial charge < -0.3 is 20.5 Å². The highest BCUT2D eigenvalue weighted by Crippen LogP contribution is 2.44. The summed E-state index contributed by atoms with van der Waals surface area (Å²) in [5.41, 5.74) is 4.82. The lowest BCUT2D eigenvalue weighted by molar-refractivity contribution is -0.138. The number of amides is 2. The van der Waals surface area contributed by atoms with Gasteiger partial charge in [-0.1, -0.05) is 74.7 Å². The van der Waals surface area contributed by atoms with Crippen LogP contribution in [0.3, 0.4) is 0 Å². The topological polar surface area (TPSA) is 105 Å². The largest absolute Gasteiger partial charge is 0.481 e. The normalized spacial score (nSPS) is 12.9. The molecule has 1 unspecified atom stereocenters. The zero-order chi connectivity index (χ0) is 25.0. The zero-order valence-electron chi connectivity index (χ0n) is 20.4. The first-order chi connectivity index (χ1) is 17.0. The van der Waals surface area contributed by atoms with E-state index in [0.29, 0.717) is 26.1 Å². The average molecular weight is 481 g/mol. The molecule has 0 radical (unpaired) electrons. The predicted molar refractivity (Wildman–Crippen MR) is 135 cm³/mol. The Morgan fingerprint density at radius 2 is 1.49 bits per heavy atom. The van der Waals surface area contributed by atoms with Crippen LogP contribution in [0, 0.1) is 5.92 Å². The molecule has 2 aromatic rings. The third-order valence-electron chi connectivity index (χ3n) is 6.36. The van der Waals surface area contributed by atoms with E-state index in [1.54, 1.807) is 0 Å². The van der Waals surface area contributed by atoms with Crippen LogP contribution in [0.1, 0.15) is 68.9 Å². The van der Waals surface area contributed by atoms with Crippen molar-refractivity contribution in [3.8, 4) is 11.1 Å². The molecule has 0 saturated heterocycles. The average Bonchev–Trinajstić information content (AvgIpc) is 3.16. The molecule has 7 nitrogen and oxygen atoms in total. The molecule has 1 atom stereocenters. The molecule has 0 bridgehead atoms. The Morgan fingerprint density at radius 3 is 2.14 bits per heavy atom. The van der Waals surface area contributed by atoms with Crippen LogP contribution in [0.25, 0.3) is 11.1 Å². The Morgan fingerprint density at radius 1 is 0.886 bits per heavy atom. The Hall–Kier alpha value is -3.35. The minimum absolute atomic E-state index is 0.0286. The van der Waals surface area contributed by atoms with Crippen LogP contribution in [-0.2, 0) is 14.3 Å². The van der Waals surface area contributed by atoms with Crippen LogP contribution in [0.5, 0.6) is 0 Å². The van der Waals surface area contributed by atoms with E-state index in [2.05, 4.69) is 34.9 Å². The SMILES string of the molecule is CC(CNC(=O)CCCCCCCNC(=O)OCC1c2ccccc2-c2ccccc21)CC(=O)O. The Kier molecular flexibility index (Phi) is 10.1. The predicted octanol–water partition coefficient (Wildman–Crippen LogP) is 5.09. The lowest BCUT2D eigenvalue weighted by atomic mass is 9.98. The van der Waals surface area contributed by atoms with Crippen LogP contribution in [-0.4, -0.2) is 42.8 Å². The molecular weight excluding hydrogens is 444 g/mol. The molecule has 0 spiro atoms. The number of carbonyl (C=O) groups excluding carboxylic acids is 2. The smallest absolute Gasteiger partial charge is 0.407 e. The van der Waals surface area contributed by atoms with Crippen molar-refractivity contribution in [2.45, 2.75) is 57.8 Å². The molecule has 1 aliphatic carbocycles. The molecule has 2 amide bonds. The van der Waals surface area contributed by atoms with Crippen molar-refractivity contribution in [2.24, 2.45) is 5.92 Å². The van der Waals surface area contributed by atoms with Crippen molar-refractivity contribution in [3.05, 3.63) is 59.7 Å². The number of nitrogens with one attached hydrogen (secondary N) is 2. The van der Waals surface area contributed by atoms with E-state index < -0.39 is 5.97 Å². The maximum Gasteiger partial charge on any atom is 0.407 e. The van der Waals surface area contributed by atoms with Crippen molar-refractivity contribution < 1.29 is 24.2 Å². The van der Waals surface area contributed by atoms with Gasteiger partial charge in [0.2, 0.25) is 5.91 Å². The highest BCUT2D eigenvalue weighted by atomic mass is 16.5. The summed E-state index contributed by atoms with van der Waals surface area (Å²) in [7, 11) is 0. The standard InChI is InChI=1S/C28H36N2O5/c1-20(17-27(32)33)18-30-26(31)15-5-3-2-4-10-16-29-28(34)35-19-25-23-13-8-6-11-21(23)22-12-7-9-14-24(22)25/h6-9,11-14,20,25H,2-5,10,15-19H2,1H3,(H,29,34)(H,30,31)(H,32,33). The second-order valence-electron chi connectivity index (χ2n) is 9.28. The quantitative estimate of drug-likeness (QED) is 0.327. The second-order valence-corrected chi connectivity index (χ2v) is 9.28. The van der Waals surface area contributed by atoms with E-state index in [4.69, 9.17) is 9.84 Å². The van der Waals surface area contributed by atoms with Crippen molar-refractivity contribution in [1.29, 1.82) is 0 Å². The monoisotopic (exact) mass is 480 g/mol. The number of rotatable bonds is 14. The van der Waals surface area contributed by atoms with Gasteiger partial charge in [0.15, 0.2) is 0 Å². The third kappa shape index (κ3) is 8.12. The number of alkyl carbamates (subject to hydrolysis) is 1. The molecule has 3 rings (SSSR count). The Labute approximate surface area is 207 Å². The van der Waals surface area contributed by atoms with Gasteiger partial charge in [-0.25, -0.2) is 4.79 Å². The van der Waals surface area contributed by atoms with Gasteiger partial charge in [0.05, 0.1) is 0 Å². The van der Waals surface area contributed by atoms with Crippen LogP contribution < -0.4 is 10.6 Å². The van der Waals surface area contributed by atoms with Crippen molar-refractivity contribution in [3.63, 3.8) is 0 Å². The lowest BCUT2D eigenvalue weighted by Gasteiger charge is -2.14. The van der Waals surface area contributed by atoms with Gasteiger partial charge >= 0.3 is 12.1 Å². The molecule has 0 heterocycles. The molecule has 35 heavy (non-hydrogen) atoms. The molecule has 0 aliphatic heterocycles. The van der Waals surface area contributed by atoms with Crippen LogP contribution in [0.15, 0.2) is 48.5 Å². The maximum atomic E-state index is 12.2. The summed E-state index contributed by atoms with van der Waals surface area (Å²) in [6.07, 6.45) is 4.71. The van der Waals surface area contributed by atoms with Gasteiger partial charge in [0.1, 0.15) is 6.61 Å². The van der Waals surface area contributed by atoms with Crippen LogP contribution in [0.4, 0.5) is 4.79 Å². The summed E-state index contributed by atoms with van der Waals surface area (Å²) >= 11 is 0. The third-order valence-corrected chi connectivity index (χ3v) is 6.36. The first-order valence-corrected chi connectivity index (χ1v) is 12.5. The summed E-state index contributed by atoms with van der Waals surface area (Å²) < 4.78 is 5.54. The Balaban J connectivity index is 1.23. The molecule has 188 valence electrons. The van der Waals surface area contributed by atoms with Crippen molar-refractivity contribution in [2.75, 3.05) is 19.7 Å². The second kappa shape index (κ2) is 13.5. The first kappa shape index (κ1) is 26.3. The van der Waals surface area contributed by atoms with E-state index in [9.17, 15) is 14.4 Å². The number of hydrogen-bond acceptors (Lipinski definition) is 4. The maximum absolute atomic E-state index is 12.2. The molecule has 0 saturated carbocycles. The van der Waals surface area contributed by atoms with Crippen LogP contribution in [0.2, 0.25) is 0 Å². The van der Waals surface area contributed by atoms with Gasteiger partial charge in [-0.05, 0) is 41.0 Å². The molecule has 0 fully saturated rings. The summed E-state index contributed by atoms with van der Waals surface area (Å²) in [5.74, 6) is -0.884. The highest BCUT2D eigenvalue weighted by Gasteiger charge is 2.28. The summed E-state index contributed by atoms with van der Waals surface area (Å²) in [5, 5.41) is 14.4. The molecule has 2 aromatic carbocycles. The number of carboxylic acids is 1. The lowest BCUT2D eigenvalue weighted by Crippen LogP contribution is -2.28. The summed E-state index contributed by atoms with van der Waals surface area (Å²) in [6.45, 7) is 3.09. The highest BCUT2D eigenvalue weighted by molar-refractivity contribution is 5.79. The summed E-state index contributed by atoms with van der Waals surface area (Å²) in [4.78, 5) is 34.6. The number of unbranched alkanes of at least 4 members (excludes halogenated alkanes) is 4. The minimum atomic E-state index is -0.847. The van der Waals surface area contributed by atoms with E-state index in [1.165, 1.54) is 22.3 Å². The molecule has 7 heteroatoms. The fourth-order valence-electron chi connectivity index (χ4n) is 4.53. The van der Waals surface area contributed by atoms with Gasteiger partial charge in [-0.2, -0.15) is 0 Å². The molecular formula is C28H36N2O5. The number of carbonyl (C=O) groups is 3. The van der Waals surface area contributed by atoms with Gasteiger partial charge in [0, 0.05) is 31.8 Å². The number of hydrogen-bond donors (Lipinski definition) is 3. The van der Waals surface area contributed by atoms with Gasteiger partial charge in [0.25, 0.3) is 0 Å². The Bertz CT molecular complexity index is 961. The number of carboxylic acid groups (broad SMARTS) is 1. The minimum Gasteiger partial charge on any atom is -0.481 e. The number of aliphatic carboxylic acids is 1. The molecule has 0 aromatic heterocycles. The van der Waals surface area contributed by atoms with E-state index >= 15 is 0 Å². The first-order valence-electron chi connectivity index (χ1n) is 12.5. The zero-order valence-corrected chi connectivity index (χ0v) is 20.4. The van der Waals surface area contributed by atoms with E-state index in [1.807, 2.05) is 31.2 Å². The number of benzene rings is 2. The summed E-state index contributed by atoms with van der Waals surface area (Å²) in [6, 6.07) is 16.5. The van der Waals surface area contributed by atoms with Gasteiger partial charge in [-0.3, -0.25) is 9.59 Å². The van der Waals surface area contributed by atoms with E-state index in [0.717, 1.165) is 32.1 Å². The fraction of sp³-hybridized carbons (Fsp3) is 0.464.